The number of piperidine rings is 1. The van der Waals surface area contributed by atoms with Gasteiger partial charge in [-0.1, -0.05) is 0 Å². The van der Waals surface area contributed by atoms with Crippen molar-refractivity contribution in [2.24, 2.45) is 11.7 Å². The summed E-state index contributed by atoms with van der Waals surface area (Å²) in [6, 6.07) is 0.0627. The molecule has 2 unspecified atom stereocenters. The van der Waals surface area contributed by atoms with Gasteiger partial charge in [0, 0.05) is 26.2 Å². The number of hydrogen-bond acceptors (Lipinski definition) is 4. The van der Waals surface area contributed by atoms with Gasteiger partial charge in [-0.25, -0.2) is 8.42 Å². The van der Waals surface area contributed by atoms with Crippen molar-refractivity contribution in [3.63, 3.8) is 0 Å². The van der Waals surface area contributed by atoms with Crippen LogP contribution in [0.25, 0.3) is 0 Å². The van der Waals surface area contributed by atoms with E-state index in [9.17, 15) is 13.2 Å². The number of nitrogens with zero attached hydrogens (tertiary/aromatic N) is 2. The van der Waals surface area contributed by atoms with Crippen LogP contribution >= 0.6 is 12.4 Å². The van der Waals surface area contributed by atoms with Crippen molar-refractivity contribution < 1.29 is 13.2 Å². The summed E-state index contributed by atoms with van der Waals surface area (Å²) in [4.78, 5) is 13.9. The Morgan fingerprint density at radius 2 is 2.10 bits per heavy atom. The first-order chi connectivity index (χ1) is 8.77. The normalized spacial score (nSPS) is 21.4. The van der Waals surface area contributed by atoms with Gasteiger partial charge in [-0.15, -0.1) is 12.4 Å². The van der Waals surface area contributed by atoms with Gasteiger partial charge in [-0.05, 0) is 32.6 Å². The first-order valence-corrected chi connectivity index (χ1v) is 8.36. The highest BCUT2D eigenvalue weighted by Crippen LogP contribution is 2.19. The van der Waals surface area contributed by atoms with Gasteiger partial charge >= 0.3 is 0 Å². The molecule has 1 amide bonds. The van der Waals surface area contributed by atoms with E-state index < -0.39 is 10.0 Å². The fourth-order valence-electron chi connectivity index (χ4n) is 2.27. The van der Waals surface area contributed by atoms with Crippen LogP contribution in [0.5, 0.6) is 0 Å². The molecule has 20 heavy (non-hydrogen) atoms. The molecule has 0 spiro atoms. The van der Waals surface area contributed by atoms with Crippen molar-refractivity contribution in [1.29, 1.82) is 0 Å². The summed E-state index contributed by atoms with van der Waals surface area (Å²) >= 11 is 0. The predicted molar refractivity (Wildman–Crippen MR) is 82.3 cm³/mol. The standard InChI is InChI=1S/C12H25N3O3S.ClH/c1-4-19(17,18)14(3)9-12(16)15-7-5-6-11(8-15)10(2)13;/h10-11H,4-9,13H2,1-3H3;1H. The second kappa shape index (κ2) is 8.17. The SMILES string of the molecule is CCS(=O)(=O)N(C)CC(=O)N1CCCC(C(C)N)C1.Cl. The minimum absolute atomic E-state index is 0. The van der Waals surface area contributed by atoms with Crippen LogP contribution < -0.4 is 5.73 Å². The average Bonchev–Trinajstić information content (AvgIpc) is 2.38. The zero-order valence-corrected chi connectivity index (χ0v) is 14.0. The molecular formula is C12H26ClN3O3S. The zero-order chi connectivity index (χ0) is 14.6. The number of amides is 1. The van der Waals surface area contributed by atoms with Gasteiger partial charge in [0.2, 0.25) is 15.9 Å². The van der Waals surface area contributed by atoms with Crippen LogP contribution in [0.2, 0.25) is 0 Å². The molecule has 0 aromatic rings. The number of hydrogen-bond donors (Lipinski definition) is 1. The van der Waals surface area contributed by atoms with E-state index in [4.69, 9.17) is 5.73 Å². The van der Waals surface area contributed by atoms with Gasteiger partial charge < -0.3 is 10.6 Å². The fraction of sp³-hybridized carbons (Fsp3) is 0.917. The Labute approximate surface area is 128 Å². The van der Waals surface area contributed by atoms with Crippen LogP contribution in [0.4, 0.5) is 0 Å². The lowest BCUT2D eigenvalue weighted by molar-refractivity contribution is -0.133. The van der Waals surface area contributed by atoms with Crippen molar-refractivity contribution in [2.45, 2.75) is 32.7 Å². The van der Waals surface area contributed by atoms with Crippen molar-refractivity contribution in [3.8, 4) is 0 Å². The molecule has 0 bridgehead atoms. The third-order valence-corrected chi connectivity index (χ3v) is 5.56. The molecule has 1 fully saturated rings. The number of nitrogens with two attached hydrogens (primary N) is 1. The molecule has 2 N–H and O–H groups in total. The molecule has 0 aliphatic carbocycles. The second-order valence-electron chi connectivity index (χ2n) is 5.26. The smallest absolute Gasteiger partial charge is 0.237 e. The summed E-state index contributed by atoms with van der Waals surface area (Å²) in [5.41, 5.74) is 5.88. The second-order valence-corrected chi connectivity index (χ2v) is 7.62. The lowest BCUT2D eigenvalue weighted by Gasteiger charge is -2.35. The van der Waals surface area contributed by atoms with Crippen LogP contribution in [-0.2, 0) is 14.8 Å². The number of halogens is 1. The monoisotopic (exact) mass is 327 g/mol. The summed E-state index contributed by atoms with van der Waals surface area (Å²) in [7, 11) is -1.85. The molecule has 0 radical (unpaired) electrons. The summed E-state index contributed by atoms with van der Waals surface area (Å²) in [6.45, 7) is 4.77. The molecule has 1 saturated heterocycles. The summed E-state index contributed by atoms with van der Waals surface area (Å²) in [5, 5.41) is 0. The van der Waals surface area contributed by atoms with Crippen LogP contribution in [0, 0.1) is 5.92 Å². The average molecular weight is 328 g/mol. The molecule has 1 rings (SSSR count). The van der Waals surface area contributed by atoms with Crippen molar-refractivity contribution in [3.05, 3.63) is 0 Å². The Hall–Kier alpha value is -0.370. The first-order valence-electron chi connectivity index (χ1n) is 6.75. The maximum atomic E-state index is 12.1. The highest BCUT2D eigenvalue weighted by molar-refractivity contribution is 7.89. The van der Waals surface area contributed by atoms with E-state index in [1.54, 1.807) is 11.8 Å². The van der Waals surface area contributed by atoms with Crippen LogP contribution in [0.15, 0.2) is 0 Å². The molecule has 120 valence electrons. The van der Waals surface area contributed by atoms with Gasteiger partial charge in [0.25, 0.3) is 0 Å². The highest BCUT2D eigenvalue weighted by atomic mass is 35.5. The van der Waals surface area contributed by atoms with E-state index in [-0.39, 0.29) is 36.7 Å². The van der Waals surface area contributed by atoms with E-state index in [1.807, 2.05) is 6.92 Å². The van der Waals surface area contributed by atoms with Gasteiger partial charge in [-0.2, -0.15) is 4.31 Å². The van der Waals surface area contributed by atoms with E-state index in [2.05, 4.69) is 0 Å². The first kappa shape index (κ1) is 19.6. The number of carbonyl (C=O) groups excluding carboxylic acids is 1. The van der Waals surface area contributed by atoms with Crippen molar-refractivity contribution >= 4 is 28.3 Å². The Morgan fingerprint density at radius 3 is 2.60 bits per heavy atom. The van der Waals surface area contributed by atoms with E-state index in [0.29, 0.717) is 19.0 Å². The van der Waals surface area contributed by atoms with Crippen molar-refractivity contribution in [2.75, 3.05) is 32.4 Å². The molecule has 1 heterocycles. The van der Waals surface area contributed by atoms with Crippen LogP contribution in [-0.4, -0.2) is 62.0 Å². The Kier molecular flexibility index (Phi) is 8.01. The van der Waals surface area contributed by atoms with Crippen molar-refractivity contribution in [1.82, 2.24) is 9.21 Å². The number of sulfonamides is 1. The molecule has 1 aliphatic heterocycles. The highest BCUT2D eigenvalue weighted by Gasteiger charge is 2.27. The Bertz CT molecular complexity index is 414. The summed E-state index contributed by atoms with van der Waals surface area (Å²) in [6.07, 6.45) is 1.97. The fourth-order valence-corrected chi connectivity index (χ4v) is 3.02. The molecule has 1 aliphatic rings. The molecule has 6 nitrogen and oxygen atoms in total. The third-order valence-electron chi connectivity index (χ3n) is 3.75. The molecular weight excluding hydrogens is 302 g/mol. The predicted octanol–water partition coefficient (Wildman–Crippen LogP) is 0.276. The van der Waals surface area contributed by atoms with Gasteiger partial charge in [0.15, 0.2) is 0 Å². The topological polar surface area (TPSA) is 83.7 Å². The number of likely N-dealkylation sites (tertiary alicyclic amines) is 1. The van der Waals surface area contributed by atoms with Gasteiger partial charge in [-0.3, -0.25) is 4.79 Å². The van der Waals surface area contributed by atoms with Crippen LogP contribution in [0.1, 0.15) is 26.7 Å². The minimum Gasteiger partial charge on any atom is -0.341 e. The van der Waals surface area contributed by atoms with E-state index in [1.165, 1.54) is 7.05 Å². The van der Waals surface area contributed by atoms with E-state index in [0.717, 1.165) is 17.1 Å². The molecule has 0 saturated carbocycles. The zero-order valence-electron chi connectivity index (χ0n) is 12.4. The van der Waals surface area contributed by atoms with Gasteiger partial charge in [0.1, 0.15) is 0 Å². The third kappa shape index (κ3) is 5.20. The molecule has 0 aromatic heterocycles. The minimum atomic E-state index is -3.30. The quantitative estimate of drug-likeness (QED) is 0.786. The maximum absolute atomic E-state index is 12.1. The lowest BCUT2D eigenvalue weighted by Crippen LogP contribution is -2.48. The number of carbonyl (C=O) groups is 1. The number of rotatable bonds is 5. The number of likely N-dealkylation sites (N-methyl/N-ethyl adjacent to an activating group) is 1. The molecule has 8 heteroatoms. The maximum Gasteiger partial charge on any atom is 0.237 e. The Morgan fingerprint density at radius 1 is 1.50 bits per heavy atom. The largest absolute Gasteiger partial charge is 0.341 e. The van der Waals surface area contributed by atoms with Gasteiger partial charge in [0.05, 0.1) is 12.3 Å². The molecule has 0 aromatic carbocycles. The lowest BCUT2D eigenvalue weighted by atomic mass is 9.92. The summed E-state index contributed by atoms with van der Waals surface area (Å²) < 4.78 is 24.4. The summed E-state index contributed by atoms with van der Waals surface area (Å²) in [5.74, 6) is 0.190. The van der Waals surface area contributed by atoms with E-state index >= 15 is 0 Å². The Balaban J connectivity index is 0.00000361. The van der Waals surface area contributed by atoms with Crippen LogP contribution in [0.3, 0.4) is 0 Å². The molecule has 2 atom stereocenters.